The predicted octanol–water partition coefficient (Wildman–Crippen LogP) is 2.50. The summed E-state index contributed by atoms with van der Waals surface area (Å²) < 4.78 is 43.3. The number of hydrogen-bond acceptors (Lipinski definition) is 4. The lowest BCUT2D eigenvalue weighted by Crippen LogP contribution is -2.39. The summed E-state index contributed by atoms with van der Waals surface area (Å²) in [6.07, 6.45) is -0.0955. The zero-order chi connectivity index (χ0) is 21.8. The Morgan fingerprint density at radius 3 is 2.37 bits per heavy atom. The minimum Gasteiger partial charge on any atom is -0.334 e. The number of pyridine rings is 1. The molecule has 1 aliphatic carbocycles. The summed E-state index contributed by atoms with van der Waals surface area (Å²) in [4.78, 5) is 43.7. The zero-order valence-electron chi connectivity index (χ0n) is 16.8. The van der Waals surface area contributed by atoms with Gasteiger partial charge in [0.2, 0.25) is 5.91 Å². The largest absolute Gasteiger partial charge is 0.417 e. The van der Waals surface area contributed by atoms with Gasteiger partial charge in [-0.2, -0.15) is 13.2 Å². The third kappa shape index (κ3) is 3.22. The number of alkyl halides is 3. The minimum absolute atomic E-state index is 0.0386. The lowest BCUT2D eigenvalue weighted by molar-refractivity contribution is -0.136. The van der Waals surface area contributed by atoms with Gasteiger partial charge < -0.3 is 4.90 Å². The van der Waals surface area contributed by atoms with Gasteiger partial charge in [0.1, 0.15) is 5.65 Å². The van der Waals surface area contributed by atoms with Crippen molar-refractivity contribution < 1.29 is 18.0 Å². The maximum absolute atomic E-state index is 13.9. The molecule has 7 nitrogen and oxygen atoms in total. The summed E-state index contributed by atoms with van der Waals surface area (Å²) in [6, 6.07) is 0.279. The molecule has 0 aromatic carbocycles. The molecular weight excluding hydrogens is 401 g/mol. The molecular formula is C20H23F3N4O3. The molecule has 2 aliphatic rings. The highest BCUT2D eigenvalue weighted by molar-refractivity contribution is 5.81. The zero-order valence-corrected chi connectivity index (χ0v) is 16.8. The van der Waals surface area contributed by atoms with E-state index >= 15 is 0 Å². The van der Waals surface area contributed by atoms with Gasteiger partial charge in [0.15, 0.2) is 0 Å². The van der Waals surface area contributed by atoms with E-state index in [1.54, 1.807) is 4.90 Å². The first-order valence-corrected chi connectivity index (χ1v) is 10.1. The van der Waals surface area contributed by atoms with Crippen LogP contribution in [-0.4, -0.2) is 31.5 Å². The van der Waals surface area contributed by atoms with E-state index < -0.39 is 34.4 Å². The van der Waals surface area contributed by atoms with Crippen LogP contribution in [0.25, 0.3) is 11.0 Å². The maximum atomic E-state index is 13.9. The summed E-state index contributed by atoms with van der Waals surface area (Å²) in [5.41, 5.74) is -3.16. The van der Waals surface area contributed by atoms with Crippen LogP contribution in [0.15, 0.2) is 15.7 Å². The fraction of sp³-hybridized carbons (Fsp3) is 0.600. The normalized spacial score (nSPS) is 20.4. The number of aryl methyl sites for hydroxylation is 1. The number of rotatable bonds is 2. The molecule has 0 radical (unpaired) electrons. The molecule has 0 unspecified atom stereocenters. The molecule has 0 spiro atoms. The van der Waals surface area contributed by atoms with Gasteiger partial charge >= 0.3 is 11.9 Å². The van der Waals surface area contributed by atoms with Crippen LogP contribution >= 0.6 is 0 Å². The summed E-state index contributed by atoms with van der Waals surface area (Å²) in [6.45, 7) is 0.469. The second-order valence-corrected chi connectivity index (χ2v) is 8.17. The number of nitrogens with zero attached hydrogens (tertiary/aromatic N) is 4. The molecule has 2 aromatic rings. The highest BCUT2D eigenvalue weighted by Gasteiger charge is 2.40. The smallest absolute Gasteiger partial charge is 0.334 e. The lowest BCUT2D eigenvalue weighted by atomic mass is 10.0. The van der Waals surface area contributed by atoms with Gasteiger partial charge in [-0.25, -0.2) is 9.78 Å². The average Bonchev–Trinajstić information content (AvgIpc) is 3.40. The molecule has 2 aromatic heterocycles. The number of likely N-dealkylation sites (tertiary alicyclic amines) is 1. The van der Waals surface area contributed by atoms with Gasteiger partial charge in [0, 0.05) is 26.6 Å². The van der Waals surface area contributed by atoms with E-state index in [1.807, 2.05) is 0 Å². The Morgan fingerprint density at radius 1 is 1.07 bits per heavy atom. The highest BCUT2D eigenvalue weighted by atomic mass is 19.4. The summed E-state index contributed by atoms with van der Waals surface area (Å²) >= 11 is 0. The van der Waals surface area contributed by atoms with E-state index in [1.165, 1.54) is 7.05 Å². The predicted molar refractivity (Wildman–Crippen MR) is 103 cm³/mol. The molecule has 1 saturated carbocycles. The first-order chi connectivity index (χ1) is 14.1. The molecule has 0 N–H and O–H groups in total. The third-order valence-corrected chi connectivity index (χ3v) is 6.32. The van der Waals surface area contributed by atoms with E-state index in [0.717, 1.165) is 43.4 Å². The van der Waals surface area contributed by atoms with Gasteiger partial charge in [-0.15, -0.1) is 0 Å². The monoisotopic (exact) mass is 424 g/mol. The molecule has 1 amide bonds. The van der Waals surface area contributed by atoms with Crippen molar-refractivity contribution in [1.82, 2.24) is 19.0 Å². The molecule has 10 heteroatoms. The van der Waals surface area contributed by atoms with E-state index in [9.17, 15) is 27.6 Å². The van der Waals surface area contributed by atoms with E-state index in [4.69, 9.17) is 0 Å². The Balaban J connectivity index is 1.90. The van der Waals surface area contributed by atoms with Crippen molar-refractivity contribution in [2.24, 2.45) is 20.0 Å². The quantitative estimate of drug-likeness (QED) is 0.742. The third-order valence-electron chi connectivity index (χ3n) is 6.32. The Hall–Kier alpha value is -2.65. The Kier molecular flexibility index (Phi) is 4.98. The number of aromatic nitrogens is 3. The number of halogens is 3. The number of hydrogen-bond donors (Lipinski definition) is 0. The van der Waals surface area contributed by atoms with Crippen LogP contribution in [0.4, 0.5) is 13.2 Å². The van der Waals surface area contributed by atoms with Gasteiger partial charge in [-0.3, -0.25) is 18.7 Å². The fourth-order valence-corrected chi connectivity index (χ4v) is 4.71. The van der Waals surface area contributed by atoms with Gasteiger partial charge in [-0.05, 0) is 31.7 Å². The van der Waals surface area contributed by atoms with Crippen molar-refractivity contribution in [2.75, 3.05) is 6.54 Å². The van der Waals surface area contributed by atoms with Crippen molar-refractivity contribution in [3.63, 3.8) is 0 Å². The number of carbonyl (C=O) groups excluding carboxylic acids is 1. The van der Waals surface area contributed by atoms with Crippen LogP contribution in [0.2, 0.25) is 0 Å². The fourth-order valence-electron chi connectivity index (χ4n) is 4.71. The first kappa shape index (κ1) is 20.6. The van der Waals surface area contributed by atoms with Crippen LogP contribution in [0.3, 0.4) is 0 Å². The molecule has 30 heavy (non-hydrogen) atoms. The second kappa shape index (κ2) is 7.24. The average molecular weight is 424 g/mol. The second-order valence-electron chi connectivity index (χ2n) is 8.17. The van der Waals surface area contributed by atoms with E-state index in [2.05, 4.69) is 4.98 Å². The van der Waals surface area contributed by atoms with Crippen molar-refractivity contribution in [3.05, 3.63) is 38.2 Å². The number of amides is 1. The van der Waals surface area contributed by atoms with Gasteiger partial charge in [-0.1, -0.05) is 12.8 Å². The van der Waals surface area contributed by atoms with Crippen molar-refractivity contribution in [2.45, 2.75) is 50.7 Å². The summed E-state index contributed by atoms with van der Waals surface area (Å²) in [7, 11) is 2.42. The van der Waals surface area contributed by atoms with Crippen LogP contribution < -0.4 is 11.2 Å². The van der Waals surface area contributed by atoms with Gasteiger partial charge in [0.05, 0.1) is 22.7 Å². The van der Waals surface area contributed by atoms with Gasteiger partial charge in [0.25, 0.3) is 5.56 Å². The maximum Gasteiger partial charge on any atom is 0.417 e. The van der Waals surface area contributed by atoms with Crippen LogP contribution in [0, 0.1) is 5.92 Å². The molecule has 3 heterocycles. The number of carbonyl (C=O) groups is 1. The van der Waals surface area contributed by atoms with Crippen LogP contribution in [0.5, 0.6) is 0 Å². The summed E-state index contributed by atoms with van der Waals surface area (Å²) in [5.74, 6) is -0.131. The van der Waals surface area contributed by atoms with Crippen molar-refractivity contribution in [3.8, 4) is 0 Å². The summed E-state index contributed by atoms with van der Waals surface area (Å²) in [5, 5.41) is -0.637. The molecule has 1 atom stereocenters. The Labute approximate surface area is 170 Å². The Bertz CT molecular complexity index is 1130. The molecule has 1 aliphatic heterocycles. The highest BCUT2D eigenvalue weighted by Crippen LogP contribution is 2.39. The standard InChI is InChI=1S/C20H23F3N4O3/c1-25-16-15(18(29)26(2)19(25)30)12(20(21,22)23)10-13(24-16)14-8-5-9-27(14)17(28)11-6-3-4-7-11/h10-11,14H,3-9H2,1-2H3/t14-/m1/s1. The molecule has 4 rings (SSSR count). The van der Waals surface area contributed by atoms with Crippen molar-refractivity contribution in [1.29, 1.82) is 0 Å². The molecule has 2 fully saturated rings. The minimum atomic E-state index is -4.81. The Morgan fingerprint density at radius 2 is 1.73 bits per heavy atom. The van der Waals surface area contributed by atoms with E-state index in [0.29, 0.717) is 24.0 Å². The lowest BCUT2D eigenvalue weighted by Gasteiger charge is -2.28. The molecule has 162 valence electrons. The molecule has 1 saturated heterocycles. The SMILES string of the molecule is Cn1c(=O)c2c(C(F)(F)F)cc([C@H]3CCCN3C(=O)C3CCCC3)nc2n(C)c1=O. The first-order valence-electron chi connectivity index (χ1n) is 10.1. The van der Waals surface area contributed by atoms with Crippen molar-refractivity contribution >= 4 is 16.9 Å². The topological polar surface area (TPSA) is 77.2 Å². The van der Waals surface area contributed by atoms with Crippen LogP contribution in [0.1, 0.15) is 55.8 Å². The number of fused-ring (bicyclic) bond motifs is 1. The molecule has 0 bridgehead atoms. The van der Waals surface area contributed by atoms with E-state index in [-0.39, 0.29) is 23.2 Å². The van der Waals surface area contributed by atoms with Crippen LogP contribution in [-0.2, 0) is 25.1 Å².